The van der Waals surface area contributed by atoms with Gasteiger partial charge in [0.25, 0.3) is 10.0 Å². The molecule has 0 aromatic heterocycles. The second kappa shape index (κ2) is 8.65. The van der Waals surface area contributed by atoms with Gasteiger partial charge in [0, 0.05) is 17.3 Å². The summed E-state index contributed by atoms with van der Waals surface area (Å²) in [5.74, 6) is -0.00237. The van der Waals surface area contributed by atoms with Gasteiger partial charge in [-0.15, -0.1) is 0 Å². The van der Waals surface area contributed by atoms with Crippen molar-refractivity contribution in [3.05, 3.63) is 101 Å². The molecule has 2 N–H and O–H groups in total. The van der Waals surface area contributed by atoms with Crippen LogP contribution < -0.4 is 10.0 Å². The molecular formula is C27H26N2O4S. The summed E-state index contributed by atoms with van der Waals surface area (Å²) in [6.45, 7) is 1.96. The molecule has 0 saturated heterocycles. The second-order valence-electron chi connectivity index (χ2n) is 8.81. The van der Waals surface area contributed by atoms with E-state index in [0.717, 1.165) is 28.8 Å². The Hall–Kier alpha value is -3.58. The van der Waals surface area contributed by atoms with Crippen LogP contribution in [-0.2, 0) is 14.8 Å². The predicted octanol–water partition coefficient (Wildman–Crippen LogP) is 5.41. The molecule has 174 valence electrons. The van der Waals surface area contributed by atoms with Gasteiger partial charge in [0.15, 0.2) is 0 Å². The molecule has 2 aliphatic rings. The maximum Gasteiger partial charge on any atom is 0.337 e. The second-order valence-corrected chi connectivity index (χ2v) is 10.5. The zero-order valence-corrected chi connectivity index (χ0v) is 19.8. The third-order valence-electron chi connectivity index (χ3n) is 6.64. The van der Waals surface area contributed by atoms with E-state index >= 15 is 0 Å². The Labute approximate surface area is 199 Å². The van der Waals surface area contributed by atoms with Crippen LogP contribution in [-0.4, -0.2) is 21.5 Å². The van der Waals surface area contributed by atoms with Gasteiger partial charge in [-0.2, -0.15) is 0 Å². The Kier molecular flexibility index (Phi) is 5.65. The fourth-order valence-electron chi connectivity index (χ4n) is 4.85. The molecule has 0 spiro atoms. The first-order valence-corrected chi connectivity index (χ1v) is 12.7. The first kappa shape index (κ1) is 22.2. The third kappa shape index (κ3) is 4.07. The summed E-state index contributed by atoms with van der Waals surface area (Å²) < 4.78 is 33.6. The van der Waals surface area contributed by atoms with Crippen molar-refractivity contribution in [2.24, 2.45) is 5.92 Å². The Bertz CT molecular complexity index is 1360. The van der Waals surface area contributed by atoms with Gasteiger partial charge >= 0.3 is 5.97 Å². The highest BCUT2D eigenvalue weighted by molar-refractivity contribution is 7.92. The fraction of sp³-hybridized carbons (Fsp3) is 0.222. The van der Waals surface area contributed by atoms with Gasteiger partial charge in [-0.1, -0.05) is 42.0 Å². The summed E-state index contributed by atoms with van der Waals surface area (Å²) in [5.41, 5.74) is 5.10. The van der Waals surface area contributed by atoms with Crippen molar-refractivity contribution >= 4 is 27.4 Å². The highest BCUT2D eigenvalue weighted by atomic mass is 32.2. The van der Waals surface area contributed by atoms with Gasteiger partial charge in [0.1, 0.15) is 0 Å². The van der Waals surface area contributed by atoms with Crippen molar-refractivity contribution in [3.8, 4) is 0 Å². The highest BCUT2D eigenvalue weighted by Crippen LogP contribution is 2.50. The largest absolute Gasteiger partial charge is 0.465 e. The van der Waals surface area contributed by atoms with Crippen LogP contribution in [0, 0.1) is 12.8 Å². The minimum Gasteiger partial charge on any atom is -0.465 e. The predicted molar refractivity (Wildman–Crippen MR) is 133 cm³/mol. The smallest absolute Gasteiger partial charge is 0.337 e. The maximum atomic E-state index is 13.1. The molecule has 1 heterocycles. The van der Waals surface area contributed by atoms with E-state index in [1.165, 1.54) is 7.11 Å². The molecule has 3 atom stereocenters. The number of carbonyl (C=O) groups is 1. The number of rotatable bonds is 5. The molecule has 1 aliphatic heterocycles. The quantitative estimate of drug-likeness (QED) is 0.382. The minimum atomic E-state index is -3.72. The zero-order chi connectivity index (χ0) is 23.9. The summed E-state index contributed by atoms with van der Waals surface area (Å²) in [7, 11) is -2.34. The van der Waals surface area contributed by atoms with Gasteiger partial charge in [-0.3, -0.25) is 4.72 Å². The Morgan fingerprint density at radius 2 is 1.76 bits per heavy atom. The van der Waals surface area contributed by atoms with Gasteiger partial charge in [-0.25, -0.2) is 13.2 Å². The first-order valence-electron chi connectivity index (χ1n) is 11.2. The number of methoxy groups -OCH3 is 1. The van der Waals surface area contributed by atoms with Crippen LogP contribution in [0.2, 0.25) is 0 Å². The van der Waals surface area contributed by atoms with Crippen molar-refractivity contribution in [1.82, 2.24) is 0 Å². The van der Waals surface area contributed by atoms with Crippen LogP contribution in [0.5, 0.6) is 0 Å². The number of esters is 1. The number of nitrogens with one attached hydrogen (secondary N) is 2. The van der Waals surface area contributed by atoms with Crippen molar-refractivity contribution in [2.45, 2.75) is 30.2 Å². The lowest BCUT2D eigenvalue weighted by Gasteiger charge is -2.37. The Morgan fingerprint density at radius 1 is 1.03 bits per heavy atom. The fourth-order valence-corrected chi connectivity index (χ4v) is 5.94. The number of benzene rings is 3. The van der Waals surface area contributed by atoms with Crippen LogP contribution >= 0.6 is 0 Å². The molecule has 6 nitrogen and oxygen atoms in total. The number of fused-ring (bicyclic) bond motifs is 3. The first-order chi connectivity index (χ1) is 16.4. The van der Waals surface area contributed by atoms with Crippen molar-refractivity contribution < 1.29 is 17.9 Å². The lowest BCUT2D eigenvalue weighted by Crippen LogP contribution is -2.29. The average Bonchev–Trinajstić information content (AvgIpc) is 3.34. The van der Waals surface area contributed by atoms with Crippen LogP contribution in [0.1, 0.15) is 45.4 Å². The minimum absolute atomic E-state index is 0.0485. The van der Waals surface area contributed by atoms with E-state index in [9.17, 15) is 13.2 Å². The molecule has 0 bridgehead atoms. The molecule has 0 amide bonds. The molecule has 7 heteroatoms. The third-order valence-corrected chi connectivity index (χ3v) is 8.02. The van der Waals surface area contributed by atoms with Crippen LogP contribution in [0.25, 0.3) is 0 Å². The molecule has 0 radical (unpaired) electrons. The molecule has 3 aromatic rings. The SMILES string of the molecule is COC(=O)c1ccc([C@H]2Nc3ccc(S(=O)(=O)Nc4ccc(C)cc4)cc3C3C=CCC32)cc1. The topological polar surface area (TPSA) is 84.5 Å². The van der Waals surface area contributed by atoms with Crippen molar-refractivity contribution in [1.29, 1.82) is 0 Å². The number of hydrogen-bond donors (Lipinski definition) is 2. The molecular weight excluding hydrogens is 448 g/mol. The molecule has 5 rings (SSSR count). The number of carbonyl (C=O) groups excluding carboxylic acids is 1. The number of allylic oxidation sites excluding steroid dienone is 2. The van der Waals surface area contributed by atoms with E-state index in [1.54, 1.807) is 36.4 Å². The van der Waals surface area contributed by atoms with Gasteiger partial charge in [-0.05, 0) is 72.9 Å². The average molecular weight is 475 g/mol. The lowest BCUT2D eigenvalue weighted by molar-refractivity contribution is 0.0600. The normalized spacial score (nSPS) is 20.7. The summed E-state index contributed by atoms with van der Waals surface area (Å²) in [6, 6.07) is 20.1. The van der Waals surface area contributed by atoms with Crippen LogP contribution in [0.4, 0.5) is 11.4 Å². The Balaban J connectivity index is 1.44. The maximum absolute atomic E-state index is 13.1. The van der Waals surface area contributed by atoms with E-state index in [4.69, 9.17) is 4.74 Å². The van der Waals surface area contributed by atoms with Crippen molar-refractivity contribution in [3.63, 3.8) is 0 Å². The molecule has 34 heavy (non-hydrogen) atoms. The monoisotopic (exact) mass is 474 g/mol. The van der Waals surface area contributed by atoms with Gasteiger partial charge < -0.3 is 10.1 Å². The standard InChI is InChI=1S/C27H26N2O4S/c1-17-6-12-20(13-7-17)29-34(31,32)21-14-15-25-24(16-21)22-4-3-5-23(22)26(28-25)18-8-10-19(11-9-18)27(30)33-2/h3-4,6-16,22-23,26,28-29H,5H2,1-2H3/t22?,23?,26-/m1/s1. The number of sulfonamides is 1. The number of ether oxygens (including phenoxy) is 1. The van der Waals surface area contributed by atoms with E-state index in [-0.39, 0.29) is 28.7 Å². The van der Waals surface area contributed by atoms with E-state index in [2.05, 4.69) is 22.2 Å². The van der Waals surface area contributed by atoms with E-state index in [0.29, 0.717) is 11.3 Å². The zero-order valence-electron chi connectivity index (χ0n) is 19.0. The summed E-state index contributed by atoms with van der Waals surface area (Å²) >= 11 is 0. The molecule has 2 unspecified atom stereocenters. The van der Waals surface area contributed by atoms with Crippen LogP contribution in [0.15, 0.2) is 83.8 Å². The summed E-state index contributed by atoms with van der Waals surface area (Å²) in [5, 5.41) is 3.61. The van der Waals surface area contributed by atoms with Gasteiger partial charge in [0.2, 0.25) is 0 Å². The molecule has 1 aliphatic carbocycles. The van der Waals surface area contributed by atoms with Crippen molar-refractivity contribution in [2.75, 3.05) is 17.1 Å². The number of aryl methyl sites for hydroxylation is 1. The molecule has 0 saturated carbocycles. The van der Waals surface area contributed by atoms with Gasteiger partial charge in [0.05, 0.1) is 23.6 Å². The van der Waals surface area contributed by atoms with Crippen LogP contribution in [0.3, 0.4) is 0 Å². The summed E-state index contributed by atoms with van der Waals surface area (Å²) in [6.07, 6.45) is 5.22. The molecule has 3 aromatic carbocycles. The number of anilines is 2. The highest BCUT2D eigenvalue weighted by Gasteiger charge is 2.38. The summed E-state index contributed by atoms with van der Waals surface area (Å²) in [4.78, 5) is 12.0. The molecule has 0 fully saturated rings. The van der Waals surface area contributed by atoms with E-state index in [1.807, 2.05) is 37.3 Å². The van der Waals surface area contributed by atoms with E-state index < -0.39 is 10.0 Å². The number of hydrogen-bond acceptors (Lipinski definition) is 5. The Morgan fingerprint density at radius 3 is 2.47 bits per heavy atom. The lowest BCUT2D eigenvalue weighted by atomic mass is 9.77.